The lowest BCUT2D eigenvalue weighted by Crippen LogP contribution is -2.26. The molecule has 1 aromatic rings. The first-order valence-corrected chi connectivity index (χ1v) is 7.68. The van der Waals surface area contributed by atoms with Crippen LogP contribution in [0.3, 0.4) is 0 Å². The van der Waals surface area contributed by atoms with Gasteiger partial charge in [0.1, 0.15) is 4.33 Å². The van der Waals surface area contributed by atoms with E-state index < -0.39 is 9.75 Å². The minimum Gasteiger partial charge on any atom is -0.349 e. The van der Waals surface area contributed by atoms with Crippen molar-refractivity contribution in [3.63, 3.8) is 0 Å². The van der Waals surface area contributed by atoms with Gasteiger partial charge < -0.3 is 10.6 Å². The zero-order valence-electron chi connectivity index (χ0n) is 11.6. The molecule has 0 spiro atoms. The summed E-state index contributed by atoms with van der Waals surface area (Å²) in [6, 6.07) is 7.12. The lowest BCUT2D eigenvalue weighted by atomic mass is 10.1. The molecule has 1 unspecified atom stereocenters. The normalized spacial score (nSPS) is 26.0. The predicted molar refractivity (Wildman–Crippen MR) is 82.7 cm³/mol. The Balaban J connectivity index is 1.62. The van der Waals surface area contributed by atoms with E-state index in [0.717, 1.165) is 12.8 Å². The van der Waals surface area contributed by atoms with Crippen molar-refractivity contribution in [2.75, 3.05) is 5.32 Å². The van der Waals surface area contributed by atoms with Gasteiger partial charge in [0.25, 0.3) is 5.91 Å². The Morgan fingerprint density at radius 3 is 2.24 bits per heavy atom. The van der Waals surface area contributed by atoms with Crippen LogP contribution < -0.4 is 10.6 Å². The molecule has 21 heavy (non-hydrogen) atoms. The molecule has 0 bridgehead atoms. The molecular formula is C15H16Cl2N2O2. The molecule has 0 saturated heterocycles. The average molecular weight is 327 g/mol. The summed E-state index contributed by atoms with van der Waals surface area (Å²) in [6.07, 6.45) is 2.55. The van der Waals surface area contributed by atoms with Crippen LogP contribution in [0.5, 0.6) is 0 Å². The van der Waals surface area contributed by atoms with E-state index in [-0.39, 0.29) is 11.8 Å². The van der Waals surface area contributed by atoms with E-state index in [1.54, 1.807) is 31.2 Å². The fourth-order valence-corrected chi connectivity index (χ4v) is 2.82. The van der Waals surface area contributed by atoms with E-state index in [1.807, 2.05) is 0 Å². The molecule has 2 saturated carbocycles. The summed E-state index contributed by atoms with van der Waals surface area (Å²) >= 11 is 12.0. The molecule has 1 aromatic carbocycles. The largest absolute Gasteiger partial charge is 0.349 e. The van der Waals surface area contributed by atoms with Crippen LogP contribution >= 0.6 is 23.2 Å². The molecule has 2 aliphatic rings. The van der Waals surface area contributed by atoms with Gasteiger partial charge >= 0.3 is 0 Å². The van der Waals surface area contributed by atoms with Crippen LogP contribution in [0, 0.1) is 5.41 Å². The maximum absolute atomic E-state index is 12.1. The number of nitrogens with one attached hydrogen (secondary N) is 2. The third kappa shape index (κ3) is 2.87. The molecule has 0 aliphatic heterocycles. The second kappa shape index (κ2) is 4.89. The summed E-state index contributed by atoms with van der Waals surface area (Å²) in [5.41, 5.74) is 0.458. The SMILES string of the molecule is CC1(C(=O)Nc2ccc(C(=O)NC3CC3)cc2)CC1(Cl)Cl. The van der Waals surface area contributed by atoms with Gasteiger partial charge in [0.2, 0.25) is 5.91 Å². The van der Waals surface area contributed by atoms with Crippen LogP contribution in [0.4, 0.5) is 5.69 Å². The van der Waals surface area contributed by atoms with Gasteiger partial charge in [0.05, 0.1) is 5.41 Å². The van der Waals surface area contributed by atoms with Crippen LogP contribution in [0.2, 0.25) is 0 Å². The molecule has 112 valence electrons. The van der Waals surface area contributed by atoms with E-state index >= 15 is 0 Å². The number of carbonyl (C=O) groups excluding carboxylic acids is 2. The summed E-state index contributed by atoms with van der Waals surface area (Å²) < 4.78 is -0.985. The van der Waals surface area contributed by atoms with Gasteiger partial charge in [-0.2, -0.15) is 0 Å². The standard InChI is InChI=1S/C15H16Cl2N2O2/c1-14(8-15(14,16)17)13(21)19-11-4-2-9(3-5-11)12(20)18-10-6-7-10/h2-5,10H,6-8H2,1H3,(H,18,20)(H,19,21). The van der Waals surface area contributed by atoms with Gasteiger partial charge in [0, 0.05) is 17.3 Å². The third-order valence-corrected chi connectivity index (χ3v) is 5.18. The van der Waals surface area contributed by atoms with Gasteiger partial charge in [-0.15, -0.1) is 23.2 Å². The number of hydrogen-bond donors (Lipinski definition) is 2. The first-order chi connectivity index (χ1) is 9.82. The van der Waals surface area contributed by atoms with Gasteiger partial charge in [0.15, 0.2) is 0 Å². The molecule has 2 N–H and O–H groups in total. The van der Waals surface area contributed by atoms with Crippen molar-refractivity contribution >= 4 is 40.7 Å². The highest BCUT2D eigenvalue weighted by Gasteiger charge is 2.67. The van der Waals surface area contributed by atoms with Crippen molar-refractivity contribution in [1.82, 2.24) is 5.32 Å². The minimum atomic E-state index is -0.985. The smallest absolute Gasteiger partial charge is 0.251 e. The Hall–Kier alpha value is -1.26. The van der Waals surface area contributed by atoms with E-state index in [0.29, 0.717) is 23.7 Å². The Labute approximate surface area is 133 Å². The fourth-order valence-electron chi connectivity index (χ4n) is 2.12. The molecule has 0 radical (unpaired) electrons. The van der Waals surface area contributed by atoms with Crippen molar-refractivity contribution in [2.24, 2.45) is 5.41 Å². The van der Waals surface area contributed by atoms with Gasteiger partial charge in [-0.25, -0.2) is 0 Å². The number of rotatable bonds is 4. The van der Waals surface area contributed by atoms with Crippen LogP contribution in [-0.2, 0) is 4.79 Å². The molecule has 6 heteroatoms. The predicted octanol–water partition coefficient (Wildman–Crippen LogP) is 3.10. The zero-order valence-corrected chi connectivity index (χ0v) is 13.1. The first-order valence-electron chi connectivity index (χ1n) is 6.92. The molecule has 1 atom stereocenters. The Morgan fingerprint density at radius 2 is 1.76 bits per heavy atom. The second-order valence-electron chi connectivity index (χ2n) is 5.99. The number of carbonyl (C=O) groups is 2. The van der Waals surface area contributed by atoms with Crippen molar-refractivity contribution < 1.29 is 9.59 Å². The van der Waals surface area contributed by atoms with Gasteiger partial charge in [-0.3, -0.25) is 9.59 Å². The topological polar surface area (TPSA) is 58.2 Å². The van der Waals surface area contributed by atoms with E-state index in [9.17, 15) is 9.59 Å². The van der Waals surface area contributed by atoms with Crippen molar-refractivity contribution in [3.8, 4) is 0 Å². The summed E-state index contributed by atoms with van der Waals surface area (Å²) in [7, 11) is 0. The summed E-state index contributed by atoms with van der Waals surface area (Å²) in [4.78, 5) is 24.0. The summed E-state index contributed by atoms with van der Waals surface area (Å²) in [5.74, 6) is -0.284. The number of hydrogen-bond acceptors (Lipinski definition) is 2. The maximum Gasteiger partial charge on any atom is 0.251 e. The number of benzene rings is 1. The minimum absolute atomic E-state index is 0.0786. The van der Waals surface area contributed by atoms with Gasteiger partial charge in [-0.05, 0) is 50.5 Å². The number of alkyl halides is 2. The van der Waals surface area contributed by atoms with Crippen LogP contribution in [0.25, 0.3) is 0 Å². The number of anilines is 1. The average Bonchev–Trinajstić information content (AvgIpc) is 3.30. The second-order valence-corrected chi connectivity index (χ2v) is 7.48. The maximum atomic E-state index is 12.1. The molecule has 2 amide bonds. The molecule has 2 aliphatic carbocycles. The van der Waals surface area contributed by atoms with E-state index in [1.165, 1.54) is 0 Å². The number of halogens is 2. The Bertz CT molecular complexity index is 596. The molecular weight excluding hydrogens is 311 g/mol. The summed E-state index contributed by atoms with van der Waals surface area (Å²) in [5, 5.41) is 5.69. The molecule has 4 nitrogen and oxygen atoms in total. The Morgan fingerprint density at radius 1 is 1.19 bits per heavy atom. The molecule has 2 fully saturated rings. The Kier molecular flexibility index (Phi) is 3.41. The highest BCUT2D eigenvalue weighted by molar-refractivity contribution is 6.53. The van der Waals surface area contributed by atoms with E-state index in [2.05, 4.69) is 10.6 Å². The summed E-state index contributed by atoms with van der Waals surface area (Å²) in [6.45, 7) is 1.74. The molecule has 0 aromatic heterocycles. The van der Waals surface area contributed by atoms with Crippen LogP contribution in [0.15, 0.2) is 24.3 Å². The first kappa shape index (κ1) is 14.7. The number of amides is 2. The van der Waals surface area contributed by atoms with Crippen LogP contribution in [0.1, 0.15) is 36.5 Å². The highest BCUT2D eigenvalue weighted by Crippen LogP contribution is 2.64. The molecule has 3 rings (SSSR count). The quantitative estimate of drug-likeness (QED) is 0.835. The third-order valence-electron chi connectivity index (χ3n) is 4.08. The highest BCUT2D eigenvalue weighted by atomic mass is 35.5. The van der Waals surface area contributed by atoms with Gasteiger partial charge in [-0.1, -0.05) is 0 Å². The monoisotopic (exact) mass is 326 g/mol. The van der Waals surface area contributed by atoms with Crippen LogP contribution in [-0.4, -0.2) is 22.2 Å². The molecule has 0 heterocycles. The van der Waals surface area contributed by atoms with E-state index in [4.69, 9.17) is 23.2 Å². The lowest BCUT2D eigenvalue weighted by molar-refractivity contribution is -0.120. The lowest BCUT2D eigenvalue weighted by Gasteiger charge is -2.13. The van der Waals surface area contributed by atoms with Crippen molar-refractivity contribution in [1.29, 1.82) is 0 Å². The van der Waals surface area contributed by atoms with Crippen molar-refractivity contribution in [2.45, 2.75) is 36.6 Å². The van der Waals surface area contributed by atoms with Crippen molar-refractivity contribution in [3.05, 3.63) is 29.8 Å². The fraction of sp³-hybridized carbons (Fsp3) is 0.467. The zero-order chi connectivity index (χ0) is 15.3.